The fraction of sp³-hybridized carbons (Fsp3) is 0.389. The van der Waals surface area contributed by atoms with Crippen molar-refractivity contribution in [2.45, 2.75) is 32.4 Å². The number of aryl methyl sites for hydroxylation is 1. The maximum atomic E-state index is 12.5. The molecular formula is C18H20Cl2N2O3S2. The van der Waals surface area contributed by atoms with E-state index in [1.165, 1.54) is 23.5 Å². The lowest BCUT2D eigenvalue weighted by Gasteiger charge is -2.17. The monoisotopic (exact) mass is 446 g/mol. The first-order valence-electron chi connectivity index (χ1n) is 8.29. The number of carbonyl (C=O) groups is 2. The fourth-order valence-corrected chi connectivity index (χ4v) is 3.91. The summed E-state index contributed by atoms with van der Waals surface area (Å²) in [7, 11) is 0. The molecule has 0 fully saturated rings. The Balaban J connectivity index is 2.01. The average Bonchev–Trinajstić information content (AvgIpc) is 3.11. The lowest BCUT2D eigenvalue weighted by atomic mass is 10.1. The highest BCUT2D eigenvalue weighted by molar-refractivity contribution is 7.98. The van der Waals surface area contributed by atoms with E-state index >= 15 is 0 Å². The zero-order valence-electron chi connectivity index (χ0n) is 15.0. The summed E-state index contributed by atoms with van der Waals surface area (Å²) in [5.74, 6) is -0.236. The second-order valence-electron chi connectivity index (χ2n) is 5.63. The van der Waals surface area contributed by atoms with Crippen LogP contribution in [-0.4, -0.2) is 34.9 Å². The Morgan fingerprint density at radius 3 is 2.78 bits per heavy atom. The number of amides is 1. The number of halogens is 2. The van der Waals surface area contributed by atoms with Gasteiger partial charge in [0.1, 0.15) is 12.6 Å². The van der Waals surface area contributed by atoms with Crippen LogP contribution < -0.4 is 5.32 Å². The molecule has 27 heavy (non-hydrogen) atoms. The van der Waals surface area contributed by atoms with Crippen molar-refractivity contribution in [1.29, 1.82) is 0 Å². The predicted molar refractivity (Wildman–Crippen MR) is 112 cm³/mol. The first-order valence-corrected chi connectivity index (χ1v) is 11.3. The molecule has 1 N–H and O–H groups in total. The van der Waals surface area contributed by atoms with Crippen molar-refractivity contribution < 1.29 is 14.3 Å². The van der Waals surface area contributed by atoms with Gasteiger partial charge in [0.2, 0.25) is 0 Å². The summed E-state index contributed by atoms with van der Waals surface area (Å²) in [4.78, 5) is 29.4. The number of hydrogen-bond acceptors (Lipinski definition) is 6. The maximum absolute atomic E-state index is 12.5. The molecule has 1 amide bonds. The highest BCUT2D eigenvalue weighted by atomic mass is 35.5. The number of nitrogens with zero attached hydrogens (tertiary/aromatic N) is 1. The SMILES string of the molecule is CCc1nc(COC(=O)C(CCSC)NC(=O)c2ccc(Cl)cc2Cl)cs1. The summed E-state index contributed by atoms with van der Waals surface area (Å²) in [5, 5.41) is 6.23. The van der Waals surface area contributed by atoms with Crippen LogP contribution in [0.3, 0.4) is 0 Å². The van der Waals surface area contributed by atoms with Crippen LogP contribution in [0.1, 0.15) is 34.4 Å². The van der Waals surface area contributed by atoms with Crippen molar-refractivity contribution in [3.8, 4) is 0 Å². The molecule has 0 bridgehead atoms. The van der Waals surface area contributed by atoms with Crippen LogP contribution in [0, 0.1) is 0 Å². The summed E-state index contributed by atoms with van der Waals surface area (Å²) >= 11 is 15.1. The van der Waals surface area contributed by atoms with Crippen molar-refractivity contribution in [3.05, 3.63) is 49.9 Å². The van der Waals surface area contributed by atoms with E-state index in [1.54, 1.807) is 17.8 Å². The minimum absolute atomic E-state index is 0.0860. The molecule has 0 aliphatic rings. The molecular weight excluding hydrogens is 427 g/mol. The van der Waals surface area contributed by atoms with Gasteiger partial charge >= 0.3 is 5.97 Å². The van der Waals surface area contributed by atoms with Gasteiger partial charge in [0.05, 0.1) is 21.3 Å². The summed E-state index contributed by atoms with van der Waals surface area (Å²) in [5.41, 5.74) is 0.969. The van der Waals surface area contributed by atoms with Gasteiger partial charge in [-0.2, -0.15) is 11.8 Å². The van der Waals surface area contributed by atoms with Crippen LogP contribution in [-0.2, 0) is 22.6 Å². The van der Waals surface area contributed by atoms with E-state index in [4.69, 9.17) is 27.9 Å². The topological polar surface area (TPSA) is 68.3 Å². The normalized spacial score (nSPS) is 11.9. The molecule has 2 aromatic rings. The van der Waals surface area contributed by atoms with E-state index in [-0.39, 0.29) is 17.2 Å². The summed E-state index contributed by atoms with van der Waals surface area (Å²) in [6.07, 6.45) is 3.23. The van der Waals surface area contributed by atoms with Crippen molar-refractivity contribution in [2.24, 2.45) is 0 Å². The molecule has 2 rings (SSSR count). The third-order valence-electron chi connectivity index (χ3n) is 3.64. The van der Waals surface area contributed by atoms with Gasteiger partial charge in [0.15, 0.2) is 0 Å². The molecule has 0 aliphatic carbocycles. The maximum Gasteiger partial charge on any atom is 0.329 e. The number of nitrogens with one attached hydrogen (secondary N) is 1. The number of hydrogen-bond donors (Lipinski definition) is 1. The lowest BCUT2D eigenvalue weighted by Crippen LogP contribution is -2.42. The van der Waals surface area contributed by atoms with Crippen molar-refractivity contribution >= 4 is 58.2 Å². The summed E-state index contributed by atoms with van der Waals surface area (Å²) in [6.45, 7) is 2.10. The zero-order valence-corrected chi connectivity index (χ0v) is 18.1. The summed E-state index contributed by atoms with van der Waals surface area (Å²) < 4.78 is 5.36. The van der Waals surface area contributed by atoms with Crippen LogP contribution in [0.4, 0.5) is 0 Å². The quantitative estimate of drug-likeness (QED) is 0.569. The van der Waals surface area contributed by atoms with Gasteiger partial charge in [-0.3, -0.25) is 4.79 Å². The molecule has 0 saturated carbocycles. The third kappa shape index (κ3) is 6.68. The number of thiazole rings is 1. The number of ether oxygens (including phenoxy) is 1. The van der Waals surface area contributed by atoms with Gasteiger partial charge in [-0.1, -0.05) is 30.1 Å². The van der Waals surface area contributed by atoms with E-state index in [1.807, 2.05) is 18.6 Å². The first-order chi connectivity index (χ1) is 12.9. The Morgan fingerprint density at radius 2 is 2.15 bits per heavy atom. The van der Waals surface area contributed by atoms with Crippen molar-refractivity contribution in [1.82, 2.24) is 10.3 Å². The highest BCUT2D eigenvalue weighted by Gasteiger charge is 2.24. The molecule has 146 valence electrons. The molecule has 1 aromatic carbocycles. The van der Waals surface area contributed by atoms with Crippen LogP contribution in [0.2, 0.25) is 10.0 Å². The molecule has 1 atom stereocenters. The Morgan fingerprint density at radius 1 is 1.37 bits per heavy atom. The predicted octanol–water partition coefficient (Wildman–Crippen LogP) is 4.61. The highest BCUT2D eigenvalue weighted by Crippen LogP contribution is 2.21. The van der Waals surface area contributed by atoms with Gasteiger partial charge in [-0.05, 0) is 43.0 Å². The Kier molecular flexibility index (Phi) is 8.89. The van der Waals surface area contributed by atoms with E-state index < -0.39 is 17.9 Å². The van der Waals surface area contributed by atoms with Crippen molar-refractivity contribution in [3.63, 3.8) is 0 Å². The van der Waals surface area contributed by atoms with E-state index in [9.17, 15) is 9.59 Å². The molecule has 5 nitrogen and oxygen atoms in total. The second kappa shape index (κ2) is 10.9. The number of rotatable bonds is 9. The molecule has 1 unspecified atom stereocenters. The lowest BCUT2D eigenvalue weighted by molar-refractivity contribution is -0.147. The second-order valence-corrected chi connectivity index (χ2v) is 8.40. The molecule has 1 heterocycles. The third-order valence-corrected chi connectivity index (χ3v) is 5.87. The van der Waals surface area contributed by atoms with Gasteiger partial charge in [-0.15, -0.1) is 11.3 Å². The van der Waals surface area contributed by atoms with Crippen molar-refractivity contribution in [2.75, 3.05) is 12.0 Å². The smallest absolute Gasteiger partial charge is 0.329 e. The first kappa shape index (κ1) is 22.0. The minimum atomic E-state index is -0.763. The van der Waals surface area contributed by atoms with Gasteiger partial charge < -0.3 is 10.1 Å². The molecule has 0 radical (unpaired) electrons. The standard InChI is InChI=1S/C18H20Cl2N2O3S2/c1-3-16-21-12(10-27-16)9-25-18(24)15(6-7-26-2)22-17(23)13-5-4-11(19)8-14(13)20/h4-5,8,10,15H,3,6-7,9H2,1-2H3,(H,22,23). The van der Waals surface area contributed by atoms with E-state index in [0.717, 1.165) is 11.4 Å². The number of esters is 1. The number of thioether (sulfide) groups is 1. The fourth-order valence-electron chi connectivity index (χ4n) is 2.22. The summed E-state index contributed by atoms with van der Waals surface area (Å²) in [6, 6.07) is 3.82. The van der Waals surface area contributed by atoms with Crippen LogP contribution in [0.25, 0.3) is 0 Å². The Labute approximate surface area is 176 Å². The van der Waals surface area contributed by atoms with E-state index in [0.29, 0.717) is 22.9 Å². The molecule has 0 aliphatic heterocycles. The molecule has 1 aromatic heterocycles. The van der Waals surface area contributed by atoms with Gasteiger partial charge in [-0.25, -0.2) is 9.78 Å². The molecule has 0 spiro atoms. The number of benzene rings is 1. The Bertz CT molecular complexity index is 799. The van der Waals surface area contributed by atoms with Gasteiger partial charge in [0, 0.05) is 10.4 Å². The zero-order chi connectivity index (χ0) is 19.8. The van der Waals surface area contributed by atoms with Gasteiger partial charge in [0.25, 0.3) is 5.91 Å². The van der Waals surface area contributed by atoms with Crippen LogP contribution in [0.5, 0.6) is 0 Å². The van der Waals surface area contributed by atoms with E-state index in [2.05, 4.69) is 10.3 Å². The average molecular weight is 447 g/mol. The number of carbonyl (C=O) groups excluding carboxylic acids is 2. The molecule has 0 saturated heterocycles. The number of aromatic nitrogens is 1. The minimum Gasteiger partial charge on any atom is -0.458 e. The van der Waals surface area contributed by atoms with Crippen LogP contribution >= 0.6 is 46.3 Å². The molecule has 9 heteroatoms. The Hall–Kier alpha value is -1.28. The largest absolute Gasteiger partial charge is 0.458 e. The van der Waals surface area contributed by atoms with Crippen LogP contribution in [0.15, 0.2) is 23.6 Å².